The lowest BCUT2D eigenvalue weighted by molar-refractivity contribution is 0.727. The summed E-state index contributed by atoms with van der Waals surface area (Å²) in [6, 6.07) is 0. The number of nitrogens with two attached hydrogens (primary N) is 1. The van der Waals surface area contributed by atoms with Gasteiger partial charge in [-0.3, -0.25) is 14.3 Å². The third-order valence-electron chi connectivity index (χ3n) is 2.78. The molecular weight excluding hydrogens is 262 g/mol. The second-order valence-electron chi connectivity index (χ2n) is 4.21. The quantitative estimate of drug-likeness (QED) is 0.757. The highest BCUT2D eigenvalue weighted by Crippen LogP contribution is 2.19. The summed E-state index contributed by atoms with van der Waals surface area (Å²) >= 11 is 1.42. The summed E-state index contributed by atoms with van der Waals surface area (Å²) in [5, 5.41) is 1.94. The lowest BCUT2D eigenvalue weighted by atomic mass is 10.3. The molecule has 0 fully saturated rings. The monoisotopic (exact) mass is 273 g/mol. The summed E-state index contributed by atoms with van der Waals surface area (Å²) in [4.78, 5) is 24.7. The lowest BCUT2D eigenvalue weighted by Gasteiger charge is -2.04. The molecule has 0 aromatic carbocycles. The molecule has 3 aromatic rings. The molecule has 3 aromatic heterocycles. The number of nitrogens with zero attached hydrogens (tertiary/aromatic N) is 4. The van der Waals surface area contributed by atoms with Crippen LogP contribution in [0.15, 0.2) is 28.9 Å². The van der Waals surface area contributed by atoms with Gasteiger partial charge in [0.05, 0.1) is 36.5 Å². The van der Waals surface area contributed by atoms with Gasteiger partial charge in [0.25, 0.3) is 5.56 Å². The van der Waals surface area contributed by atoms with Crippen LogP contribution in [0.2, 0.25) is 0 Å². The number of thiophene rings is 1. The fourth-order valence-electron chi connectivity index (χ4n) is 1.79. The third-order valence-corrected chi connectivity index (χ3v) is 3.86. The Bertz CT molecular complexity index is 790. The van der Waals surface area contributed by atoms with Crippen LogP contribution >= 0.6 is 11.3 Å². The number of rotatable bonds is 2. The fraction of sp³-hybridized carbons (Fsp3) is 0.167. The average Bonchev–Trinajstić information content (AvgIpc) is 2.78. The predicted octanol–water partition coefficient (Wildman–Crippen LogP) is 1.19. The van der Waals surface area contributed by atoms with E-state index in [0.29, 0.717) is 22.8 Å². The van der Waals surface area contributed by atoms with Gasteiger partial charge in [0.1, 0.15) is 10.5 Å². The van der Waals surface area contributed by atoms with E-state index in [9.17, 15) is 4.79 Å². The molecule has 0 amide bonds. The van der Waals surface area contributed by atoms with Crippen molar-refractivity contribution >= 4 is 27.4 Å². The smallest absolute Gasteiger partial charge is 0.271 e. The van der Waals surface area contributed by atoms with Crippen LogP contribution in [-0.4, -0.2) is 19.5 Å². The molecule has 0 saturated heterocycles. The van der Waals surface area contributed by atoms with Gasteiger partial charge in [-0.25, -0.2) is 9.97 Å². The summed E-state index contributed by atoms with van der Waals surface area (Å²) in [5.41, 5.74) is 7.89. The van der Waals surface area contributed by atoms with Crippen LogP contribution in [-0.2, 0) is 6.54 Å². The number of nitrogen functional groups attached to an aromatic ring is 1. The molecule has 0 aliphatic rings. The lowest BCUT2D eigenvalue weighted by Crippen LogP contribution is -2.21. The largest absolute Gasteiger partial charge is 0.382 e. The van der Waals surface area contributed by atoms with Gasteiger partial charge < -0.3 is 5.73 Å². The molecule has 0 radical (unpaired) electrons. The maximum absolute atomic E-state index is 12.3. The topological polar surface area (TPSA) is 86.7 Å². The summed E-state index contributed by atoms with van der Waals surface area (Å²) in [6.07, 6.45) is 4.58. The Morgan fingerprint density at radius 3 is 2.89 bits per heavy atom. The number of anilines is 1. The number of hydrogen-bond acceptors (Lipinski definition) is 6. The van der Waals surface area contributed by atoms with Crippen molar-refractivity contribution in [3.63, 3.8) is 0 Å². The first-order chi connectivity index (χ1) is 9.15. The number of aromatic nitrogens is 4. The van der Waals surface area contributed by atoms with Crippen molar-refractivity contribution in [3.8, 4) is 0 Å². The highest BCUT2D eigenvalue weighted by Gasteiger charge is 2.09. The minimum atomic E-state index is -0.0540. The van der Waals surface area contributed by atoms with Gasteiger partial charge in [-0.15, -0.1) is 11.3 Å². The molecule has 19 heavy (non-hydrogen) atoms. The maximum atomic E-state index is 12.3. The Hall–Kier alpha value is -2.28. The first-order valence-corrected chi connectivity index (χ1v) is 6.53. The molecule has 96 valence electrons. The van der Waals surface area contributed by atoms with Crippen molar-refractivity contribution < 1.29 is 0 Å². The van der Waals surface area contributed by atoms with Crippen LogP contribution in [0.5, 0.6) is 0 Å². The highest BCUT2D eigenvalue weighted by atomic mass is 32.1. The van der Waals surface area contributed by atoms with Crippen LogP contribution in [0.3, 0.4) is 0 Å². The van der Waals surface area contributed by atoms with Gasteiger partial charge in [-0.1, -0.05) is 0 Å². The van der Waals surface area contributed by atoms with Gasteiger partial charge in [0.15, 0.2) is 0 Å². The molecule has 0 atom stereocenters. The van der Waals surface area contributed by atoms with Crippen molar-refractivity contribution in [1.82, 2.24) is 19.5 Å². The predicted molar refractivity (Wildman–Crippen MR) is 74.2 cm³/mol. The Morgan fingerprint density at radius 2 is 2.16 bits per heavy atom. The van der Waals surface area contributed by atoms with Gasteiger partial charge in [-0.2, -0.15) is 0 Å². The zero-order valence-corrected chi connectivity index (χ0v) is 11.0. The SMILES string of the molecule is Cc1csc2c(=O)n(Cc3cnc(N)cn3)cnc12. The van der Waals surface area contributed by atoms with Gasteiger partial charge >= 0.3 is 0 Å². The van der Waals surface area contributed by atoms with E-state index in [4.69, 9.17) is 5.73 Å². The minimum absolute atomic E-state index is 0.0540. The van der Waals surface area contributed by atoms with E-state index in [1.165, 1.54) is 22.1 Å². The highest BCUT2D eigenvalue weighted by molar-refractivity contribution is 7.17. The number of hydrogen-bond donors (Lipinski definition) is 1. The molecule has 0 bridgehead atoms. The van der Waals surface area contributed by atoms with Crippen molar-refractivity contribution in [1.29, 1.82) is 0 Å². The van der Waals surface area contributed by atoms with Gasteiger partial charge in [0.2, 0.25) is 0 Å². The molecule has 0 spiro atoms. The Kier molecular flexibility index (Phi) is 2.75. The molecule has 6 nitrogen and oxygen atoms in total. The standard InChI is InChI=1S/C12H11N5OS/c1-7-5-19-11-10(7)16-6-17(12(11)18)4-8-2-15-9(13)3-14-8/h2-3,5-6H,4H2,1H3,(H2,13,15). The van der Waals surface area contributed by atoms with E-state index in [-0.39, 0.29) is 5.56 Å². The Balaban J connectivity index is 2.04. The van der Waals surface area contributed by atoms with Crippen LogP contribution < -0.4 is 11.3 Å². The summed E-state index contributed by atoms with van der Waals surface area (Å²) in [5.74, 6) is 0.360. The molecule has 0 saturated carbocycles. The van der Waals surface area contributed by atoms with Crippen molar-refractivity contribution in [3.05, 3.63) is 45.7 Å². The van der Waals surface area contributed by atoms with E-state index in [1.54, 1.807) is 12.5 Å². The van der Waals surface area contributed by atoms with Crippen molar-refractivity contribution in [2.45, 2.75) is 13.5 Å². The van der Waals surface area contributed by atoms with Crippen molar-refractivity contribution in [2.24, 2.45) is 0 Å². The summed E-state index contributed by atoms with van der Waals surface area (Å²) in [6.45, 7) is 2.28. The second-order valence-corrected chi connectivity index (χ2v) is 5.09. The maximum Gasteiger partial charge on any atom is 0.271 e. The fourth-order valence-corrected chi connectivity index (χ4v) is 2.74. The second kappa shape index (κ2) is 4.43. The molecule has 3 heterocycles. The normalized spacial score (nSPS) is 11.0. The van der Waals surface area contributed by atoms with Crippen LogP contribution in [0.4, 0.5) is 5.82 Å². The van der Waals surface area contributed by atoms with Crippen molar-refractivity contribution in [2.75, 3.05) is 5.73 Å². The first kappa shape index (κ1) is 11.8. The number of aryl methyl sites for hydroxylation is 1. The zero-order valence-electron chi connectivity index (χ0n) is 10.2. The third kappa shape index (κ3) is 2.08. The molecule has 0 unspecified atom stereocenters. The Labute approximate surface area is 112 Å². The van der Waals surface area contributed by atoms with E-state index >= 15 is 0 Å². The van der Waals surface area contributed by atoms with Gasteiger partial charge in [-0.05, 0) is 17.9 Å². The summed E-state index contributed by atoms with van der Waals surface area (Å²) < 4.78 is 2.20. The molecule has 2 N–H and O–H groups in total. The van der Waals surface area contributed by atoms with E-state index in [1.807, 2.05) is 12.3 Å². The van der Waals surface area contributed by atoms with E-state index in [2.05, 4.69) is 15.0 Å². The van der Waals surface area contributed by atoms with Crippen LogP contribution in [0, 0.1) is 6.92 Å². The molecule has 0 aliphatic carbocycles. The summed E-state index contributed by atoms with van der Waals surface area (Å²) in [7, 11) is 0. The van der Waals surface area contributed by atoms with Crippen LogP contribution in [0.1, 0.15) is 11.3 Å². The van der Waals surface area contributed by atoms with Gasteiger partial charge in [0, 0.05) is 0 Å². The molecular formula is C12H11N5OS. The Morgan fingerprint density at radius 1 is 1.32 bits per heavy atom. The zero-order chi connectivity index (χ0) is 13.4. The number of fused-ring (bicyclic) bond motifs is 1. The molecule has 3 rings (SSSR count). The molecule has 0 aliphatic heterocycles. The first-order valence-electron chi connectivity index (χ1n) is 5.65. The van der Waals surface area contributed by atoms with Crippen LogP contribution in [0.25, 0.3) is 10.2 Å². The minimum Gasteiger partial charge on any atom is -0.382 e. The molecule has 7 heteroatoms. The average molecular weight is 273 g/mol. The van der Waals surface area contributed by atoms with E-state index < -0.39 is 0 Å². The van der Waals surface area contributed by atoms with E-state index in [0.717, 1.165) is 11.1 Å².